The third-order valence-electron chi connectivity index (χ3n) is 9.15. The highest BCUT2D eigenvalue weighted by atomic mass is 35.5. The van der Waals surface area contributed by atoms with E-state index in [1.165, 1.54) is 11.0 Å². The van der Waals surface area contributed by atoms with Crippen LogP contribution in [0.15, 0.2) is 90.5 Å². The van der Waals surface area contributed by atoms with Gasteiger partial charge in [0.05, 0.1) is 23.4 Å². The van der Waals surface area contributed by atoms with Crippen molar-refractivity contribution < 1.29 is 14.2 Å². The van der Waals surface area contributed by atoms with Crippen LogP contribution in [0.4, 0.5) is 11.4 Å². The van der Waals surface area contributed by atoms with E-state index in [0.717, 1.165) is 55.4 Å². The molecule has 0 spiro atoms. The molecule has 2 aliphatic rings. The van der Waals surface area contributed by atoms with Crippen LogP contribution in [-0.4, -0.2) is 74.6 Å². The molecule has 4 heterocycles. The summed E-state index contributed by atoms with van der Waals surface area (Å²) in [5.41, 5.74) is 3.64. The fourth-order valence-electron chi connectivity index (χ4n) is 6.24. The van der Waals surface area contributed by atoms with Crippen LogP contribution in [0.5, 0.6) is 5.75 Å². The second-order valence-electron chi connectivity index (χ2n) is 12.3. The van der Waals surface area contributed by atoms with Gasteiger partial charge in [-0.15, -0.1) is 0 Å². The van der Waals surface area contributed by atoms with Crippen molar-refractivity contribution in [2.24, 2.45) is 0 Å². The first-order valence-electron chi connectivity index (χ1n) is 16.4. The van der Waals surface area contributed by atoms with Gasteiger partial charge in [0.15, 0.2) is 0 Å². The molecule has 0 bridgehead atoms. The molecular formula is C36H42Cl2N8O4. The Morgan fingerprint density at radius 1 is 0.920 bits per heavy atom. The van der Waals surface area contributed by atoms with Crippen molar-refractivity contribution in [3.63, 3.8) is 0 Å². The molecule has 2 fully saturated rings. The lowest BCUT2D eigenvalue weighted by Gasteiger charge is -2.37. The number of hydrogen-bond donors (Lipinski definition) is 0. The lowest BCUT2D eigenvalue weighted by molar-refractivity contribution is -0.190. The van der Waals surface area contributed by atoms with E-state index in [-0.39, 0.29) is 31.8 Å². The fourth-order valence-corrected chi connectivity index (χ4v) is 6.79. The normalized spacial score (nSPS) is 19.7. The second-order valence-corrected chi connectivity index (χ2v) is 13.1. The molecule has 3 aromatic carbocycles. The molecule has 7 rings (SSSR count). The summed E-state index contributed by atoms with van der Waals surface area (Å²) in [6, 6.07) is 21.6. The van der Waals surface area contributed by atoms with Crippen LogP contribution < -0.4 is 20.2 Å². The Balaban J connectivity index is 0.00000432. The average Bonchev–Trinajstić information content (AvgIpc) is 3.88. The van der Waals surface area contributed by atoms with Gasteiger partial charge >= 0.3 is 5.69 Å². The average molecular weight is 722 g/mol. The SMILES string of the molecule is C.CCC(C)n1ncn(-c2ccc(N3CCN(c4ccc(OC[C@H]5CO[C@](Cn6cncn6)(c6ccc(Cl)cc6Cl)O5)cc4)CC3)cc2)c1=O. The minimum absolute atomic E-state index is 0. The summed E-state index contributed by atoms with van der Waals surface area (Å²) in [6.07, 6.45) is 5.19. The van der Waals surface area contributed by atoms with Gasteiger partial charge in [-0.05, 0) is 74.0 Å². The second kappa shape index (κ2) is 15.3. The molecule has 5 aromatic rings. The Labute approximate surface area is 301 Å². The zero-order chi connectivity index (χ0) is 34.0. The zero-order valence-corrected chi connectivity index (χ0v) is 28.9. The Morgan fingerprint density at radius 3 is 2.20 bits per heavy atom. The summed E-state index contributed by atoms with van der Waals surface area (Å²) in [7, 11) is 0. The van der Waals surface area contributed by atoms with Gasteiger partial charge in [-0.25, -0.2) is 23.7 Å². The number of ether oxygens (including phenoxy) is 3. The van der Waals surface area contributed by atoms with Gasteiger partial charge in [-0.2, -0.15) is 10.2 Å². The van der Waals surface area contributed by atoms with E-state index >= 15 is 0 Å². The summed E-state index contributed by atoms with van der Waals surface area (Å²) in [5.74, 6) is -0.410. The molecule has 14 heteroatoms. The first kappa shape index (κ1) is 35.5. The van der Waals surface area contributed by atoms with Gasteiger partial charge in [-0.1, -0.05) is 43.6 Å². The van der Waals surface area contributed by atoms with E-state index in [2.05, 4.69) is 49.2 Å². The van der Waals surface area contributed by atoms with Crippen LogP contribution in [0.3, 0.4) is 0 Å². The first-order valence-corrected chi connectivity index (χ1v) is 17.2. The van der Waals surface area contributed by atoms with Crippen LogP contribution in [-0.2, 0) is 21.8 Å². The van der Waals surface area contributed by atoms with Crippen molar-refractivity contribution in [2.45, 2.75) is 52.2 Å². The third-order valence-corrected chi connectivity index (χ3v) is 9.70. The van der Waals surface area contributed by atoms with Gasteiger partial charge in [0.25, 0.3) is 0 Å². The van der Waals surface area contributed by atoms with Gasteiger partial charge in [0, 0.05) is 48.1 Å². The Bertz CT molecular complexity index is 1910. The third kappa shape index (κ3) is 7.39. The highest BCUT2D eigenvalue weighted by Gasteiger charge is 2.45. The van der Waals surface area contributed by atoms with Gasteiger partial charge < -0.3 is 24.0 Å². The van der Waals surface area contributed by atoms with E-state index < -0.39 is 5.79 Å². The van der Waals surface area contributed by atoms with Crippen LogP contribution in [0.2, 0.25) is 10.0 Å². The van der Waals surface area contributed by atoms with Gasteiger partial charge in [0.1, 0.15) is 44.0 Å². The molecule has 2 aromatic heterocycles. The number of benzene rings is 3. The molecule has 50 heavy (non-hydrogen) atoms. The lowest BCUT2D eigenvalue weighted by Crippen LogP contribution is -2.46. The Kier molecular flexibility index (Phi) is 10.8. The molecule has 0 saturated carbocycles. The maximum absolute atomic E-state index is 12.8. The Hall–Kier alpha value is -4.36. The molecule has 0 radical (unpaired) electrons. The van der Waals surface area contributed by atoms with E-state index in [1.807, 2.05) is 44.2 Å². The smallest absolute Gasteiger partial charge is 0.350 e. The standard InChI is InChI=1S/C35H38Cl2N8O4.CH4/c1-3-25(2)45-34(46)44(24-40-45)29-7-5-27(6-8-29)41-14-16-42(17-15-41)28-9-11-30(12-10-28)47-19-31-20-48-35(49-31,21-43-23-38-22-39-43)32-13-4-26(36)18-33(32)37;/h4-13,18,22-25,31H,3,14-17,19-21H2,1-2H3;1H4/t25?,31-,35-;/m0./s1. The molecule has 264 valence electrons. The van der Waals surface area contributed by atoms with E-state index in [1.54, 1.807) is 34.0 Å². The molecule has 1 unspecified atom stereocenters. The number of rotatable bonds is 11. The van der Waals surface area contributed by atoms with Crippen molar-refractivity contribution in [3.05, 3.63) is 112 Å². The van der Waals surface area contributed by atoms with Crippen LogP contribution in [0.25, 0.3) is 5.69 Å². The zero-order valence-electron chi connectivity index (χ0n) is 27.4. The molecule has 0 N–H and O–H groups in total. The quantitative estimate of drug-likeness (QED) is 0.157. The summed E-state index contributed by atoms with van der Waals surface area (Å²) >= 11 is 12.7. The van der Waals surface area contributed by atoms with E-state index in [4.69, 9.17) is 37.4 Å². The number of hydrogen-bond acceptors (Lipinski definition) is 9. The molecule has 0 aliphatic carbocycles. The van der Waals surface area contributed by atoms with Crippen molar-refractivity contribution in [2.75, 3.05) is 49.2 Å². The number of piperazine rings is 1. The number of halogens is 2. The van der Waals surface area contributed by atoms with Crippen molar-refractivity contribution in [1.29, 1.82) is 0 Å². The summed E-state index contributed by atoms with van der Waals surface area (Å²) in [6.45, 7) is 8.48. The maximum atomic E-state index is 12.8. The number of anilines is 2. The predicted molar refractivity (Wildman–Crippen MR) is 195 cm³/mol. The molecule has 0 amide bonds. The van der Waals surface area contributed by atoms with Crippen LogP contribution >= 0.6 is 23.2 Å². The highest BCUT2D eigenvalue weighted by molar-refractivity contribution is 6.35. The minimum Gasteiger partial charge on any atom is -0.491 e. The fraction of sp³-hybridized carbons (Fsp3) is 0.389. The predicted octanol–water partition coefficient (Wildman–Crippen LogP) is 6.21. The monoisotopic (exact) mass is 720 g/mol. The van der Waals surface area contributed by atoms with Crippen molar-refractivity contribution in [1.82, 2.24) is 29.1 Å². The van der Waals surface area contributed by atoms with Gasteiger partial charge in [0.2, 0.25) is 5.79 Å². The maximum Gasteiger partial charge on any atom is 0.350 e. The van der Waals surface area contributed by atoms with E-state index in [0.29, 0.717) is 28.8 Å². The summed E-state index contributed by atoms with van der Waals surface area (Å²) in [4.78, 5) is 21.6. The minimum atomic E-state index is -1.16. The first-order chi connectivity index (χ1) is 23.8. The topological polar surface area (TPSA) is 105 Å². The number of aromatic nitrogens is 6. The summed E-state index contributed by atoms with van der Waals surface area (Å²) in [5, 5.41) is 9.50. The number of nitrogens with zero attached hydrogens (tertiary/aromatic N) is 8. The largest absolute Gasteiger partial charge is 0.491 e. The molecule has 2 aliphatic heterocycles. The van der Waals surface area contributed by atoms with Crippen molar-refractivity contribution >= 4 is 34.6 Å². The van der Waals surface area contributed by atoms with Crippen molar-refractivity contribution in [3.8, 4) is 11.4 Å². The molecule has 12 nitrogen and oxygen atoms in total. The summed E-state index contributed by atoms with van der Waals surface area (Å²) < 4.78 is 23.7. The lowest BCUT2D eigenvalue weighted by atomic mass is 10.1. The molecular weight excluding hydrogens is 679 g/mol. The Morgan fingerprint density at radius 2 is 1.58 bits per heavy atom. The molecule has 2 saturated heterocycles. The van der Waals surface area contributed by atoms with Crippen LogP contribution in [0.1, 0.15) is 39.3 Å². The molecule has 3 atom stereocenters. The van der Waals surface area contributed by atoms with Crippen LogP contribution in [0, 0.1) is 0 Å². The van der Waals surface area contributed by atoms with E-state index in [9.17, 15) is 4.79 Å². The van der Waals surface area contributed by atoms with Gasteiger partial charge in [-0.3, -0.25) is 0 Å². The highest BCUT2D eigenvalue weighted by Crippen LogP contribution is 2.40.